The van der Waals surface area contributed by atoms with Crippen LogP contribution in [0.3, 0.4) is 0 Å². The van der Waals surface area contributed by atoms with Crippen molar-refractivity contribution in [1.29, 1.82) is 0 Å². The second-order valence-electron chi connectivity index (χ2n) is 6.93. The van der Waals surface area contributed by atoms with E-state index < -0.39 is 35.8 Å². The van der Waals surface area contributed by atoms with Crippen LogP contribution in [0.25, 0.3) is 0 Å². The van der Waals surface area contributed by atoms with Crippen molar-refractivity contribution in [2.75, 3.05) is 12.3 Å². The Morgan fingerprint density at radius 1 is 0.933 bits per heavy atom. The van der Waals surface area contributed by atoms with Crippen molar-refractivity contribution in [3.63, 3.8) is 0 Å². The monoisotopic (exact) mass is 437 g/mol. The lowest BCUT2D eigenvalue weighted by Crippen LogP contribution is -2.57. The highest BCUT2D eigenvalue weighted by atomic mass is 32.1. The molecule has 1 aromatic carbocycles. The van der Waals surface area contributed by atoms with Gasteiger partial charge in [-0.3, -0.25) is 19.2 Å². The Morgan fingerprint density at radius 2 is 1.53 bits per heavy atom. The molecular formula is C20H31N5O4S. The molecule has 7 N–H and O–H groups in total. The van der Waals surface area contributed by atoms with Crippen molar-refractivity contribution < 1.29 is 19.2 Å². The molecule has 9 nitrogen and oxygen atoms in total. The van der Waals surface area contributed by atoms with Gasteiger partial charge in [0.15, 0.2) is 0 Å². The summed E-state index contributed by atoms with van der Waals surface area (Å²) in [5.74, 6) is -2.09. The molecule has 30 heavy (non-hydrogen) atoms. The molecule has 3 atom stereocenters. The molecule has 0 saturated carbocycles. The fraction of sp³-hybridized carbons (Fsp3) is 0.500. The Balaban J connectivity index is 2.97. The summed E-state index contributed by atoms with van der Waals surface area (Å²) in [6.45, 7) is 1.80. The van der Waals surface area contributed by atoms with Gasteiger partial charge in [-0.2, -0.15) is 12.6 Å². The minimum absolute atomic E-state index is 0.0285. The topological polar surface area (TPSA) is 156 Å². The Bertz CT molecular complexity index is 716. The maximum Gasteiger partial charge on any atom is 0.243 e. The first-order chi connectivity index (χ1) is 14.3. The van der Waals surface area contributed by atoms with Gasteiger partial charge in [0.05, 0.1) is 0 Å². The molecule has 0 fully saturated rings. The van der Waals surface area contributed by atoms with Crippen LogP contribution in [0, 0.1) is 0 Å². The van der Waals surface area contributed by atoms with Crippen LogP contribution in [0.4, 0.5) is 0 Å². The first-order valence-electron chi connectivity index (χ1n) is 9.80. The van der Waals surface area contributed by atoms with E-state index in [1.165, 1.54) is 6.92 Å². The maximum atomic E-state index is 12.8. The molecule has 0 aliphatic rings. The average Bonchev–Trinajstić information content (AvgIpc) is 2.70. The second-order valence-corrected chi connectivity index (χ2v) is 7.30. The van der Waals surface area contributed by atoms with E-state index in [1.54, 1.807) is 0 Å². The summed E-state index contributed by atoms with van der Waals surface area (Å²) in [5.41, 5.74) is 11.6. The fourth-order valence-electron chi connectivity index (χ4n) is 2.82. The largest absolute Gasteiger partial charge is 0.368 e. The minimum atomic E-state index is -0.966. The van der Waals surface area contributed by atoms with Crippen molar-refractivity contribution in [2.45, 2.75) is 50.7 Å². The van der Waals surface area contributed by atoms with Crippen molar-refractivity contribution in [3.05, 3.63) is 35.9 Å². The Morgan fingerprint density at radius 3 is 2.07 bits per heavy atom. The van der Waals surface area contributed by atoms with Gasteiger partial charge in [-0.25, -0.2) is 0 Å². The summed E-state index contributed by atoms with van der Waals surface area (Å²) in [5, 5.41) is 7.81. The molecule has 10 heteroatoms. The number of carbonyl (C=O) groups is 4. The Labute approximate surface area is 182 Å². The fourth-order valence-corrected chi connectivity index (χ4v) is 3.09. The lowest BCUT2D eigenvalue weighted by Gasteiger charge is -2.24. The molecule has 0 saturated heterocycles. The third kappa shape index (κ3) is 9.27. The van der Waals surface area contributed by atoms with E-state index in [4.69, 9.17) is 11.5 Å². The van der Waals surface area contributed by atoms with E-state index >= 15 is 0 Å². The predicted molar refractivity (Wildman–Crippen MR) is 118 cm³/mol. The molecule has 166 valence electrons. The molecule has 1 aromatic rings. The molecule has 0 aromatic heterocycles. The summed E-state index contributed by atoms with van der Waals surface area (Å²) < 4.78 is 0. The summed E-state index contributed by atoms with van der Waals surface area (Å²) >= 11 is 4.02. The van der Waals surface area contributed by atoms with Crippen LogP contribution in [0.1, 0.15) is 31.7 Å². The standard InChI is InChI=1S/C20H31N5O4S/c1-13(26)23-15(9-5-6-10-21)19(28)24-16(11-14-7-3-2-4-8-14)20(29)25-17(12-30)18(22)27/h2-4,7-8,15-17,30H,5-6,9-12,21H2,1H3,(H2,22,27)(H,23,26)(H,24,28)(H,25,29)/t15-,16-,17-/m0/s1. The molecule has 0 unspecified atom stereocenters. The smallest absolute Gasteiger partial charge is 0.243 e. The normalized spacial score (nSPS) is 13.6. The van der Waals surface area contributed by atoms with Gasteiger partial charge < -0.3 is 27.4 Å². The molecule has 1 rings (SSSR count). The molecule has 0 aliphatic carbocycles. The molecule has 0 heterocycles. The second kappa shape index (κ2) is 13.6. The number of thiol groups is 1. The van der Waals surface area contributed by atoms with Crippen LogP contribution in [-0.2, 0) is 25.6 Å². The summed E-state index contributed by atoms with van der Waals surface area (Å²) in [6, 6.07) is 6.39. The third-order valence-electron chi connectivity index (χ3n) is 4.40. The highest BCUT2D eigenvalue weighted by molar-refractivity contribution is 7.80. The third-order valence-corrected chi connectivity index (χ3v) is 4.76. The van der Waals surface area contributed by atoms with E-state index in [0.29, 0.717) is 25.8 Å². The van der Waals surface area contributed by atoms with Gasteiger partial charge in [-0.15, -0.1) is 0 Å². The van der Waals surface area contributed by atoms with Crippen LogP contribution >= 0.6 is 12.6 Å². The van der Waals surface area contributed by atoms with Gasteiger partial charge in [0.25, 0.3) is 0 Å². The Hall–Kier alpha value is -2.59. The van der Waals surface area contributed by atoms with E-state index in [0.717, 1.165) is 5.56 Å². The molecule has 0 spiro atoms. The number of carbonyl (C=O) groups excluding carboxylic acids is 4. The predicted octanol–water partition coefficient (Wildman–Crippen LogP) is -0.752. The van der Waals surface area contributed by atoms with Crippen LogP contribution in [0.2, 0.25) is 0 Å². The summed E-state index contributed by atoms with van der Waals surface area (Å²) in [7, 11) is 0. The van der Waals surface area contributed by atoms with E-state index in [1.807, 2.05) is 30.3 Å². The number of rotatable bonds is 13. The van der Waals surface area contributed by atoms with Gasteiger partial charge in [-0.05, 0) is 31.4 Å². The van der Waals surface area contributed by atoms with E-state index in [2.05, 4.69) is 28.6 Å². The van der Waals surface area contributed by atoms with Crippen molar-refractivity contribution >= 4 is 36.3 Å². The van der Waals surface area contributed by atoms with Gasteiger partial charge in [0.1, 0.15) is 18.1 Å². The zero-order valence-electron chi connectivity index (χ0n) is 17.1. The average molecular weight is 438 g/mol. The lowest BCUT2D eigenvalue weighted by molar-refractivity contribution is -0.133. The first-order valence-corrected chi connectivity index (χ1v) is 10.4. The van der Waals surface area contributed by atoms with Crippen molar-refractivity contribution in [2.24, 2.45) is 11.5 Å². The number of primary amides is 1. The molecule has 0 aliphatic heterocycles. The molecular weight excluding hydrogens is 406 g/mol. The Kier molecular flexibility index (Phi) is 11.5. The van der Waals surface area contributed by atoms with E-state index in [9.17, 15) is 19.2 Å². The number of hydrogen-bond donors (Lipinski definition) is 6. The zero-order chi connectivity index (χ0) is 22.5. The van der Waals surface area contributed by atoms with Crippen molar-refractivity contribution in [3.8, 4) is 0 Å². The van der Waals surface area contributed by atoms with Crippen LogP contribution in [-0.4, -0.2) is 54.1 Å². The highest BCUT2D eigenvalue weighted by Gasteiger charge is 2.28. The minimum Gasteiger partial charge on any atom is -0.368 e. The number of hydrogen-bond acceptors (Lipinski definition) is 6. The number of nitrogens with one attached hydrogen (secondary N) is 3. The highest BCUT2D eigenvalue weighted by Crippen LogP contribution is 2.07. The SMILES string of the molecule is CC(=O)N[C@@H](CCCCN)C(=O)N[C@@H](Cc1ccccc1)C(=O)N[C@@H](CS)C(N)=O. The van der Waals surface area contributed by atoms with Gasteiger partial charge in [0.2, 0.25) is 23.6 Å². The van der Waals surface area contributed by atoms with Gasteiger partial charge in [-0.1, -0.05) is 30.3 Å². The van der Waals surface area contributed by atoms with Crippen LogP contribution in [0.5, 0.6) is 0 Å². The molecule has 4 amide bonds. The lowest BCUT2D eigenvalue weighted by atomic mass is 10.0. The number of unbranched alkanes of at least 4 members (excludes halogenated alkanes) is 1. The number of benzene rings is 1. The zero-order valence-corrected chi connectivity index (χ0v) is 18.0. The van der Waals surface area contributed by atoms with E-state index in [-0.39, 0.29) is 18.1 Å². The van der Waals surface area contributed by atoms with Gasteiger partial charge >= 0.3 is 0 Å². The molecule has 0 bridgehead atoms. The van der Waals surface area contributed by atoms with Crippen LogP contribution < -0.4 is 27.4 Å². The van der Waals surface area contributed by atoms with Crippen LogP contribution in [0.15, 0.2) is 30.3 Å². The first kappa shape index (κ1) is 25.4. The molecule has 0 radical (unpaired) electrons. The summed E-state index contributed by atoms with van der Waals surface area (Å²) in [6.07, 6.45) is 1.95. The van der Waals surface area contributed by atoms with Crippen molar-refractivity contribution in [1.82, 2.24) is 16.0 Å². The van der Waals surface area contributed by atoms with Gasteiger partial charge in [0, 0.05) is 19.1 Å². The summed E-state index contributed by atoms with van der Waals surface area (Å²) in [4.78, 5) is 48.6. The number of amides is 4. The number of nitrogens with two attached hydrogens (primary N) is 2. The maximum absolute atomic E-state index is 12.8. The quantitative estimate of drug-likeness (QED) is 0.177.